The molecule has 0 aliphatic carbocycles. The fraction of sp³-hybridized carbons (Fsp3) is 0.286. The summed E-state index contributed by atoms with van der Waals surface area (Å²) in [5.74, 6) is 0.339. The Morgan fingerprint density at radius 3 is 2.66 bits per heavy atom. The van der Waals surface area contributed by atoms with Crippen LogP contribution in [0.2, 0.25) is 5.02 Å². The number of benzene rings is 2. The minimum absolute atomic E-state index is 0.156. The fourth-order valence-corrected chi connectivity index (χ4v) is 4.53. The Morgan fingerprint density at radius 2 is 1.94 bits per heavy atom. The fourth-order valence-electron chi connectivity index (χ4n) is 3.49. The number of amides is 1. The number of nitrogens with zero attached hydrogens (tertiary/aromatic N) is 5. The van der Waals surface area contributed by atoms with Gasteiger partial charge in [0.05, 0.1) is 15.9 Å². The van der Waals surface area contributed by atoms with Crippen molar-refractivity contribution >= 4 is 46.6 Å². The van der Waals surface area contributed by atoms with E-state index in [-0.39, 0.29) is 17.3 Å². The standard InChI is InChI=1S/C21H21ClN6O3S/c1-14(19(29)23-17-9-2-3-10-18(17)28(30)31)32-21-25-24-20(26-11-4-5-12-26)27(21)16-8-6-7-15(22)13-16/h2-3,6-10,13-14H,4-5,11-12H2,1H3,(H,23,29). The molecule has 1 unspecified atom stereocenters. The lowest BCUT2D eigenvalue weighted by atomic mass is 10.2. The molecule has 166 valence electrons. The van der Waals surface area contributed by atoms with Crippen LogP contribution in [0.15, 0.2) is 53.7 Å². The number of anilines is 2. The summed E-state index contributed by atoms with van der Waals surface area (Å²) < 4.78 is 1.90. The number of thioether (sulfide) groups is 1. The molecule has 9 nitrogen and oxygen atoms in total. The number of nitro groups is 1. The molecule has 0 spiro atoms. The predicted octanol–water partition coefficient (Wildman–Crippen LogP) is 4.55. The van der Waals surface area contributed by atoms with Crippen molar-refractivity contribution in [3.05, 3.63) is 63.7 Å². The maximum atomic E-state index is 12.8. The van der Waals surface area contributed by atoms with Crippen LogP contribution >= 0.6 is 23.4 Å². The van der Waals surface area contributed by atoms with Gasteiger partial charge in [-0.2, -0.15) is 0 Å². The largest absolute Gasteiger partial charge is 0.341 e. The van der Waals surface area contributed by atoms with Gasteiger partial charge >= 0.3 is 0 Å². The summed E-state index contributed by atoms with van der Waals surface area (Å²) >= 11 is 7.45. The molecule has 11 heteroatoms. The van der Waals surface area contributed by atoms with Gasteiger partial charge in [0.25, 0.3) is 5.69 Å². The van der Waals surface area contributed by atoms with Gasteiger partial charge in [-0.05, 0) is 44.0 Å². The van der Waals surface area contributed by atoms with Gasteiger partial charge in [-0.1, -0.05) is 41.6 Å². The number of carbonyl (C=O) groups excluding carboxylic acids is 1. The van der Waals surface area contributed by atoms with E-state index in [1.54, 1.807) is 25.1 Å². The Balaban J connectivity index is 1.60. The van der Waals surface area contributed by atoms with Crippen molar-refractivity contribution in [1.82, 2.24) is 14.8 Å². The molecule has 1 aliphatic heterocycles. The summed E-state index contributed by atoms with van der Waals surface area (Å²) in [7, 11) is 0. The van der Waals surface area contributed by atoms with E-state index in [1.165, 1.54) is 23.9 Å². The third-order valence-corrected chi connectivity index (χ3v) is 6.36. The van der Waals surface area contributed by atoms with E-state index in [4.69, 9.17) is 11.6 Å². The van der Waals surface area contributed by atoms with Gasteiger partial charge in [0.1, 0.15) is 5.69 Å². The second-order valence-electron chi connectivity index (χ2n) is 7.32. The van der Waals surface area contributed by atoms with Crippen molar-refractivity contribution in [2.45, 2.75) is 30.2 Å². The number of carbonyl (C=O) groups is 1. The summed E-state index contributed by atoms with van der Waals surface area (Å²) in [6.45, 7) is 3.50. The summed E-state index contributed by atoms with van der Waals surface area (Å²) in [6, 6.07) is 13.4. The Labute approximate surface area is 193 Å². The molecular weight excluding hydrogens is 452 g/mol. The zero-order valence-corrected chi connectivity index (χ0v) is 18.8. The monoisotopic (exact) mass is 472 g/mol. The molecule has 3 aromatic rings. The van der Waals surface area contributed by atoms with Gasteiger partial charge in [0.15, 0.2) is 5.16 Å². The number of aromatic nitrogens is 3. The topological polar surface area (TPSA) is 106 Å². The van der Waals surface area contributed by atoms with Crippen LogP contribution in [0.4, 0.5) is 17.3 Å². The molecule has 0 radical (unpaired) electrons. The number of nitro benzene ring substituents is 1. The third-order valence-electron chi connectivity index (χ3n) is 5.08. The maximum Gasteiger partial charge on any atom is 0.292 e. The average molecular weight is 473 g/mol. The highest BCUT2D eigenvalue weighted by molar-refractivity contribution is 8.00. The minimum Gasteiger partial charge on any atom is -0.341 e. The van der Waals surface area contributed by atoms with Crippen LogP contribution in [-0.4, -0.2) is 43.9 Å². The summed E-state index contributed by atoms with van der Waals surface area (Å²) in [6.07, 6.45) is 2.17. The minimum atomic E-state index is -0.580. The zero-order valence-electron chi connectivity index (χ0n) is 17.3. The lowest BCUT2D eigenvalue weighted by molar-refractivity contribution is -0.383. The molecule has 4 rings (SSSR count). The molecule has 2 heterocycles. The first-order valence-electron chi connectivity index (χ1n) is 10.1. The van der Waals surface area contributed by atoms with E-state index in [1.807, 2.05) is 22.8 Å². The molecule has 1 N–H and O–H groups in total. The van der Waals surface area contributed by atoms with Crippen LogP contribution in [-0.2, 0) is 4.79 Å². The van der Waals surface area contributed by atoms with Crippen LogP contribution in [0.3, 0.4) is 0 Å². The first-order chi connectivity index (χ1) is 15.4. The second kappa shape index (κ2) is 9.58. The van der Waals surface area contributed by atoms with Gasteiger partial charge in [0, 0.05) is 24.2 Å². The second-order valence-corrected chi connectivity index (χ2v) is 9.06. The predicted molar refractivity (Wildman–Crippen MR) is 125 cm³/mol. The van der Waals surface area contributed by atoms with Crippen molar-refractivity contribution in [2.24, 2.45) is 0 Å². The maximum absolute atomic E-state index is 12.8. The molecule has 1 amide bonds. The number of para-hydroxylation sites is 2. The van der Waals surface area contributed by atoms with E-state index in [0.29, 0.717) is 16.1 Å². The molecule has 1 fully saturated rings. The average Bonchev–Trinajstić information content (AvgIpc) is 3.43. The van der Waals surface area contributed by atoms with E-state index >= 15 is 0 Å². The number of nitrogens with one attached hydrogen (secondary N) is 1. The molecule has 2 aromatic carbocycles. The van der Waals surface area contributed by atoms with Crippen molar-refractivity contribution < 1.29 is 9.72 Å². The summed E-state index contributed by atoms with van der Waals surface area (Å²) in [5, 5.41) is 23.2. The van der Waals surface area contributed by atoms with Gasteiger partial charge in [-0.15, -0.1) is 10.2 Å². The molecule has 1 atom stereocenters. The lowest BCUT2D eigenvalue weighted by Gasteiger charge is -2.19. The molecule has 1 aromatic heterocycles. The van der Waals surface area contributed by atoms with Gasteiger partial charge in [-0.25, -0.2) is 0 Å². The molecular formula is C21H21ClN6O3S. The van der Waals surface area contributed by atoms with E-state index in [2.05, 4.69) is 20.4 Å². The summed E-state index contributed by atoms with van der Waals surface area (Å²) in [4.78, 5) is 25.7. The van der Waals surface area contributed by atoms with E-state index < -0.39 is 10.2 Å². The Bertz CT molecular complexity index is 1150. The zero-order chi connectivity index (χ0) is 22.7. The smallest absolute Gasteiger partial charge is 0.292 e. The highest BCUT2D eigenvalue weighted by Gasteiger charge is 2.26. The molecule has 32 heavy (non-hydrogen) atoms. The van der Waals surface area contributed by atoms with Gasteiger partial charge in [-0.3, -0.25) is 19.5 Å². The molecule has 0 bridgehead atoms. The summed E-state index contributed by atoms with van der Waals surface area (Å²) in [5.41, 5.74) is 0.804. The molecule has 0 saturated carbocycles. The van der Waals surface area contributed by atoms with Crippen LogP contribution in [0.25, 0.3) is 5.69 Å². The van der Waals surface area contributed by atoms with Gasteiger partial charge in [0.2, 0.25) is 11.9 Å². The quantitative estimate of drug-likeness (QED) is 0.305. The number of hydrogen-bond donors (Lipinski definition) is 1. The lowest BCUT2D eigenvalue weighted by Crippen LogP contribution is -2.24. The molecule has 1 saturated heterocycles. The van der Waals surface area contributed by atoms with Crippen molar-refractivity contribution in [3.63, 3.8) is 0 Å². The Kier molecular flexibility index (Phi) is 6.61. The number of rotatable bonds is 7. The third kappa shape index (κ3) is 4.71. The van der Waals surface area contributed by atoms with E-state index in [0.717, 1.165) is 31.6 Å². The van der Waals surface area contributed by atoms with E-state index in [9.17, 15) is 14.9 Å². The van der Waals surface area contributed by atoms with Crippen LogP contribution in [0.5, 0.6) is 0 Å². The van der Waals surface area contributed by atoms with Crippen LogP contribution < -0.4 is 10.2 Å². The highest BCUT2D eigenvalue weighted by atomic mass is 35.5. The van der Waals surface area contributed by atoms with Crippen LogP contribution in [0, 0.1) is 10.1 Å². The van der Waals surface area contributed by atoms with Crippen LogP contribution in [0.1, 0.15) is 19.8 Å². The number of halogens is 1. The SMILES string of the molecule is CC(Sc1nnc(N2CCCC2)n1-c1cccc(Cl)c1)C(=O)Nc1ccccc1[N+](=O)[O-]. The van der Waals surface area contributed by atoms with Crippen molar-refractivity contribution in [1.29, 1.82) is 0 Å². The van der Waals surface area contributed by atoms with Gasteiger partial charge < -0.3 is 10.2 Å². The van der Waals surface area contributed by atoms with Crippen molar-refractivity contribution in [2.75, 3.05) is 23.3 Å². The first kappa shape index (κ1) is 22.1. The Morgan fingerprint density at radius 1 is 1.19 bits per heavy atom. The first-order valence-corrected chi connectivity index (χ1v) is 11.4. The normalized spacial score (nSPS) is 14.4. The molecule has 1 aliphatic rings. The Hall–Kier alpha value is -3.11. The van der Waals surface area contributed by atoms with Crippen molar-refractivity contribution in [3.8, 4) is 5.69 Å². The number of hydrogen-bond acceptors (Lipinski definition) is 7. The highest BCUT2D eigenvalue weighted by Crippen LogP contribution is 2.32.